The van der Waals surface area contributed by atoms with Crippen LogP contribution in [0.4, 0.5) is 5.13 Å². The van der Waals surface area contributed by atoms with Gasteiger partial charge in [-0.15, -0.1) is 10.2 Å². The van der Waals surface area contributed by atoms with Crippen LogP contribution in [0.15, 0.2) is 30.3 Å². The third-order valence-corrected chi connectivity index (χ3v) is 2.94. The molecule has 3 N–H and O–H groups in total. The van der Waals surface area contributed by atoms with Gasteiger partial charge in [-0.25, -0.2) is 0 Å². The van der Waals surface area contributed by atoms with Crippen molar-refractivity contribution < 1.29 is 4.79 Å². The van der Waals surface area contributed by atoms with E-state index in [4.69, 9.17) is 5.73 Å². The lowest BCUT2D eigenvalue weighted by Crippen LogP contribution is -2.21. The van der Waals surface area contributed by atoms with Crippen molar-refractivity contribution in [1.82, 2.24) is 10.2 Å². The number of hydrogen-bond donors (Lipinski definition) is 2. The molecule has 1 heterocycles. The van der Waals surface area contributed by atoms with Gasteiger partial charge in [0.05, 0.1) is 6.54 Å². The Morgan fingerprint density at radius 3 is 2.76 bits per heavy atom. The number of aromatic nitrogens is 2. The van der Waals surface area contributed by atoms with Gasteiger partial charge in [0.15, 0.2) is 0 Å². The molecule has 2 rings (SSSR count). The number of hydrogen-bond acceptors (Lipinski definition) is 5. The van der Waals surface area contributed by atoms with E-state index >= 15 is 0 Å². The predicted molar refractivity (Wildman–Crippen MR) is 66.8 cm³/mol. The monoisotopic (exact) mass is 248 g/mol. The lowest BCUT2D eigenvalue weighted by atomic mass is 10.2. The molecule has 0 aliphatic rings. The van der Waals surface area contributed by atoms with Crippen LogP contribution in [0, 0.1) is 0 Å². The summed E-state index contributed by atoms with van der Waals surface area (Å²) in [6.07, 6.45) is 0.719. The molecule has 0 saturated carbocycles. The van der Waals surface area contributed by atoms with E-state index in [2.05, 4.69) is 15.5 Å². The summed E-state index contributed by atoms with van der Waals surface area (Å²) in [5, 5.41) is 11.8. The summed E-state index contributed by atoms with van der Waals surface area (Å²) in [6.45, 7) is -0.0480. The predicted octanol–water partition coefficient (Wildman–Crippen LogP) is 1.03. The van der Waals surface area contributed by atoms with E-state index in [9.17, 15) is 4.79 Å². The van der Waals surface area contributed by atoms with Crippen molar-refractivity contribution in [3.8, 4) is 0 Å². The number of nitrogens with two attached hydrogens (primary N) is 1. The van der Waals surface area contributed by atoms with Gasteiger partial charge >= 0.3 is 0 Å². The molecule has 1 aromatic heterocycles. The van der Waals surface area contributed by atoms with Crippen molar-refractivity contribution in [1.29, 1.82) is 0 Å². The van der Waals surface area contributed by atoms with Gasteiger partial charge in [0, 0.05) is 6.42 Å². The van der Waals surface area contributed by atoms with Crippen LogP contribution < -0.4 is 11.1 Å². The SMILES string of the molecule is NCC(=O)Nc1nnc(Cc2ccccc2)s1. The third kappa shape index (κ3) is 3.33. The quantitative estimate of drug-likeness (QED) is 0.846. The Balaban J connectivity index is 2.01. The Morgan fingerprint density at radius 1 is 1.29 bits per heavy atom. The molecule has 0 spiro atoms. The number of amides is 1. The number of carbonyl (C=O) groups is 1. The van der Waals surface area contributed by atoms with Crippen molar-refractivity contribution in [2.24, 2.45) is 5.73 Å². The average Bonchev–Trinajstić information content (AvgIpc) is 2.77. The van der Waals surface area contributed by atoms with E-state index in [0.717, 1.165) is 11.4 Å². The van der Waals surface area contributed by atoms with Crippen molar-refractivity contribution in [3.05, 3.63) is 40.9 Å². The minimum Gasteiger partial charge on any atom is -0.322 e. The summed E-state index contributed by atoms with van der Waals surface area (Å²) in [7, 11) is 0. The Kier molecular flexibility index (Phi) is 3.79. The molecule has 1 aromatic carbocycles. The zero-order valence-electron chi connectivity index (χ0n) is 9.09. The molecule has 0 bridgehead atoms. The van der Waals surface area contributed by atoms with Gasteiger partial charge in [0.2, 0.25) is 11.0 Å². The minimum absolute atomic E-state index is 0.0480. The molecule has 0 saturated heterocycles. The third-order valence-electron chi connectivity index (χ3n) is 2.10. The van der Waals surface area contributed by atoms with E-state index in [-0.39, 0.29) is 12.5 Å². The summed E-state index contributed by atoms with van der Waals surface area (Å²) in [5.41, 5.74) is 6.36. The Hall–Kier alpha value is -1.79. The van der Waals surface area contributed by atoms with Crippen LogP contribution in [-0.4, -0.2) is 22.6 Å². The topological polar surface area (TPSA) is 80.9 Å². The zero-order valence-corrected chi connectivity index (χ0v) is 9.91. The highest BCUT2D eigenvalue weighted by molar-refractivity contribution is 7.15. The van der Waals surface area contributed by atoms with Gasteiger partial charge in [-0.3, -0.25) is 10.1 Å². The molecule has 6 heteroatoms. The number of anilines is 1. The van der Waals surface area contributed by atoms with Crippen LogP contribution in [-0.2, 0) is 11.2 Å². The van der Waals surface area contributed by atoms with Crippen LogP contribution in [0.2, 0.25) is 0 Å². The average molecular weight is 248 g/mol. The van der Waals surface area contributed by atoms with Gasteiger partial charge < -0.3 is 5.73 Å². The molecule has 5 nitrogen and oxygen atoms in total. The number of nitrogens with one attached hydrogen (secondary N) is 1. The van der Waals surface area contributed by atoms with Crippen LogP contribution in [0.25, 0.3) is 0 Å². The number of nitrogens with zero attached hydrogens (tertiary/aromatic N) is 2. The molecule has 0 atom stereocenters. The highest BCUT2D eigenvalue weighted by Crippen LogP contribution is 2.18. The molecule has 0 aliphatic heterocycles. The molecular weight excluding hydrogens is 236 g/mol. The molecule has 2 aromatic rings. The van der Waals surface area contributed by atoms with E-state index in [1.807, 2.05) is 30.3 Å². The van der Waals surface area contributed by atoms with E-state index in [1.54, 1.807) is 0 Å². The van der Waals surface area contributed by atoms with E-state index in [0.29, 0.717) is 5.13 Å². The second-order valence-corrected chi connectivity index (χ2v) is 4.48. The lowest BCUT2D eigenvalue weighted by molar-refractivity contribution is -0.114. The normalized spacial score (nSPS) is 10.2. The van der Waals surface area contributed by atoms with E-state index < -0.39 is 0 Å². The summed E-state index contributed by atoms with van der Waals surface area (Å²) in [4.78, 5) is 11.1. The Bertz CT molecular complexity index is 497. The van der Waals surface area contributed by atoms with Gasteiger partial charge in [0.1, 0.15) is 5.01 Å². The molecular formula is C11H12N4OS. The van der Waals surface area contributed by atoms with Crippen molar-refractivity contribution >= 4 is 22.4 Å². The van der Waals surface area contributed by atoms with Crippen LogP contribution in [0.5, 0.6) is 0 Å². The highest BCUT2D eigenvalue weighted by Gasteiger charge is 2.07. The maximum Gasteiger partial charge on any atom is 0.239 e. The van der Waals surface area contributed by atoms with Crippen molar-refractivity contribution in [2.75, 3.05) is 11.9 Å². The number of carbonyl (C=O) groups excluding carboxylic acids is 1. The van der Waals surface area contributed by atoms with E-state index in [1.165, 1.54) is 16.9 Å². The lowest BCUT2D eigenvalue weighted by Gasteiger charge is -1.96. The first kappa shape index (κ1) is 11.7. The Labute approximate surface area is 103 Å². The first-order valence-corrected chi connectivity index (χ1v) is 5.96. The number of rotatable bonds is 4. The highest BCUT2D eigenvalue weighted by atomic mass is 32.1. The summed E-state index contributed by atoms with van der Waals surface area (Å²) >= 11 is 1.36. The molecule has 1 amide bonds. The van der Waals surface area contributed by atoms with Crippen LogP contribution in [0.3, 0.4) is 0 Å². The van der Waals surface area contributed by atoms with Crippen LogP contribution in [0.1, 0.15) is 10.6 Å². The second kappa shape index (κ2) is 5.51. The fourth-order valence-corrected chi connectivity index (χ4v) is 2.11. The molecule has 0 radical (unpaired) electrons. The molecule has 0 aliphatic carbocycles. The fraction of sp³-hybridized carbons (Fsp3) is 0.182. The first-order chi connectivity index (χ1) is 8.28. The summed E-state index contributed by atoms with van der Waals surface area (Å²) < 4.78 is 0. The molecule has 0 fully saturated rings. The number of benzene rings is 1. The summed E-state index contributed by atoms with van der Waals surface area (Å²) in [5.74, 6) is -0.257. The maximum atomic E-state index is 11.1. The van der Waals surface area contributed by atoms with Gasteiger partial charge in [-0.2, -0.15) is 0 Å². The van der Waals surface area contributed by atoms with Gasteiger partial charge in [-0.1, -0.05) is 41.7 Å². The molecule has 17 heavy (non-hydrogen) atoms. The molecule has 0 unspecified atom stereocenters. The van der Waals surface area contributed by atoms with Crippen molar-refractivity contribution in [3.63, 3.8) is 0 Å². The van der Waals surface area contributed by atoms with Gasteiger partial charge in [-0.05, 0) is 5.56 Å². The maximum absolute atomic E-state index is 11.1. The molecule has 88 valence electrons. The zero-order chi connectivity index (χ0) is 12.1. The minimum atomic E-state index is -0.257. The van der Waals surface area contributed by atoms with Crippen molar-refractivity contribution in [2.45, 2.75) is 6.42 Å². The Morgan fingerprint density at radius 2 is 2.06 bits per heavy atom. The summed E-state index contributed by atoms with van der Waals surface area (Å²) in [6, 6.07) is 9.98. The largest absolute Gasteiger partial charge is 0.322 e. The smallest absolute Gasteiger partial charge is 0.239 e. The van der Waals surface area contributed by atoms with Crippen LogP contribution >= 0.6 is 11.3 Å². The standard InChI is InChI=1S/C11H12N4OS/c12-7-9(16)13-11-15-14-10(17-11)6-8-4-2-1-3-5-8/h1-5H,6-7,12H2,(H,13,15,16). The second-order valence-electron chi connectivity index (χ2n) is 3.42. The van der Waals surface area contributed by atoms with Gasteiger partial charge in [0.25, 0.3) is 0 Å². The first-order valence-electron chi connectivity index (χ1n) is 5.14. The fourth-order valence-electron chi connectivity index (χ4n) is 1.32.